The molecule has 2 N–H and O–H groups in total. The van der Waals surface area contributed by atoms with E-state index in [1.165, 1.54) is 6.33 Å². The van der Waals surface area contributed by atoms with Gasteiger partial charge in [-0.15, -0.1) is 0 Å². The van der Waals surface area contributed by atoms with E-state index in [1.54, 1.807) is 13.2 Å². The molecule has 2 aromatic rings. The normalized spacial score (nSPS) is 10.4. The molecular weight excluding hydrogens is 390 g/mol. The van der Waals surface area contributed by atoms with Gasteiger partial charge in [-0.2, -0.15) is 0 Å². The highest BCUT2D eigenvalue weighted by Crippen LogP contribution is 2.38. The Morgan fingerprint density at radius 2 is 1.80 bits per heavy atom. The van der Waals surface area contributed by atoms with Crippen LogP contribution in [0.15, 0.2) is 27.4 Å². The third-order valence-corrected chi connectivity index (χ3v) is 3.95. The first-order valence-corrected chi connectivity index (χ1v) is 7.45. The number of benzene rings is 1. The zero-order chi connectivity index (χ0) is 14.7. The fourth-order valence-electron chi connectivity index (χ4n) is 1.68. The molecule has 0 atom stereocenters. The van der Waals surface area contributed by atoms with Gasteiger partial charge in [0.1, 0.15) is 23.6 Å². The maximum atomic E-state index is 5.83. The van der Waals surface area contributed by atoms with Crippen molar-refractivity contribution in [1.29, 1.82) is 0 Å². The van der Waals surface area contributed by atoms with Gasteiger partial charge in [-0.05, 0) is 50.4 Å². The Kier molecular flexibility index (Phi) is 4.82. The van der Waals surface area contributed by atoms with Crippen LogP contribution in [0.2, 0.25) is 0 Å². The molecule has 2 rings (SSSR count). The summed E-state index contributed by atoms with van der Waals surface area (Å²) in [4.78, 5) is 8.10. The van der Waals surface area contributed by atoms with Crippen molar-refractivity contribution in [3.8, 4) is 17.4 Å². The number of hydrogen-bond donors (Lipinski definition) is 1. The number of nitrogen functional groups attached to an aromatic ring is 1. The molecule has 1 heterocycles. The summed E-state index contributed by atoms with van der Waals surface area (Å²) in [5.74, 6) is 2.21. The molecule has 0 aliphatic heterocycles. The highest BCUT2D eigenvalue weighted by molar-refractivity contribution is 9.11. The van der Waals surface area contributed by atoms with E-state index in [2.05, 4.69) is 41.8 Å². The highest BCUT2D eigenvalue weighted by Gasteiger charge is 2.13. The van der Waals surface area contributed by atoms with E-state index in [0.717, 1.165) is 14.5 Å². The summed E-state index contributed by atoms with van der Waals surface area (Å²) in [6.07, 6.45) is 2.08. The largest absolute Gasteiger partial charge is 0.496 e. The molecular formula is C13H13Br2N3O2. The molecule has 5 nitrogen and oxygen atoms in total. The number of nitrogens with two attached hydrogens (primary N) is 1. The van der Waals surface area contributed by atoms with Crippen LogP contribution >= 0.6 is 31.9 Å². The number of methoxy groups -OCH3 is 1. The van der Waals surface area contributed by atoms with E-state index in [-0.39, 0.29) is 0 Å². The zero-order valence-electron chi connectivity index (χ0n) is 11.0. The summed E-state index contributed by atoms with van der Waals surface area (Å²) < 4.78 is 12.6. The predicted molar refractivity (Wildman–Crippen MR) is 84.3 cm³/mol. The van der Waals surface area contributed by atoms with Crippen LogP contribution in [-0.4, -0.2) is 17.1 Å². The van der Waals surface area contributed by atoms with E-state index in [9.17, 15) is 0 Å². The molecule has 20 heavy (non-hydrogen) atoms. The molecule has 1 aromatic carbocycles. The van der Waals surface area contributed by atoms with Crippen LogP contribution in [0.1, 0.15) is 12.5 Å². The second kappa shape index (κ2) is 6.41. The van der Waals surface area contributed by atoms with Gasteiger partial charge in [0.25, 0.3) is 0 Å². The van der Waals surface area contributed by atoms with Crippen LogP contribution in [0.3, 0.4) is 0 Å². The average molecular weight is 403 g/mol. The van der Waals surface area contributed by atoms with Crippen molar-refractivity contribution < 1.29 is 9.47 Å². The Morgan fingerprint density at radius 3 is 2.45 bits per heavy atom. The van der Waals surface area contributed by atoms with E-state index in [1.807, 2.05) is 13.0 Å². The molecule has 0 radical (unpaired) electrons. The minimum Gasteiger partial charge on any atom is -0.496 e. The number of anilines is 1. The number of ether oxygens (including phenoxy) is 2. The van der Waals surface area contributed by atoms with Gasteiger partial charge in [-0.1, -0.05) is 6.92 Å². The summed E-state index contributed by atoms with van der Waals surface area (Å²) in [6, 6.07) is 3.62. The van der Waals surface area contributed by atoms with E-state index in [0.29, 0.717) is 29.6 Å². The average Bonchev–Trinajstić information content (AvgIpc) is 2.42. The SMILES string of the molecule is CCc1c(N)ncnc1Oc1cc(Br)c(OC)cc1Br. The van der Waals surface area contributed by atoms with Crippen molar-refractivity contribution >= 4 is 37.7 Å². The Morgan fingerprint density at radius 1 is 1.15 bits per heavy atom. The van der Waals surface area contributed by atoms with Gasteiger partial charge in [0, 0.05) is 0 Å². The first-order chi connectivity index (χ1) is 9.56. The summed E-state index contributed by atoms with van der Waals surface area (Å²) in [5.41, 5.74) is 6.61. The number of aromatic nitrogens is 2. The monoisotopic (exact) mass is 401 g/mol. The standard InChI is InChI=1S/C13H13Br2N3O2/c1-3-7-12(16)17-6-18-13(7)20-11-5-8(14)10(19-2)4-9(11)15/h4-6H,3H2,1-2H3,(H2,16,17,18). The molecule has 1 aromatic heterocycles. The minimum atomic E-state index is 0.432. The second-order valence-electron chi connectivity index (χ2n) is 3.92. The van der Waals surface area contributed by atoms with Crippen molar-refractivity contribution in [3.05, 3.63) is 33.0 Å². The molecule has 0 saturated heterocycles. The van der Waals surface area contributed by atoms with Gasteiger partial charge in [0.2, 0.25) is 5.88 Å². The molecule has 0 aliphatic rings. The molecule has 0 amide bonds. The van der Waals surface area contributed by atoms with Crippen LogP contribution in [0.25, 0.3) is 0 Å². The third kappa shape index (κ3) is 3.04. The Hall–Kier alpha value is -1.34. The minimum absolute atomic E-state index is 0.432. The highest BCUT2D eigenvalue weighted by atomic mass is 79.9. The first-order valence-electron chi connectivity index (χ1n) is 5.87. The van der Waals surface area contributed by atoms with Gasteiger partial charge in [0.05, 0.1) is 21.6 Å². The lowest BCUT2D eigenvalue weighted by Gasteiger charge is -2.13. The summed E-state index contributed by atoms with van der Waals surface area (Å²) >= 11 is 6.87. The topological polar surface area (TPSA) is 70.3 Å². The van der Waals surface area contributed by atoms with Crippen molar-refractivity contribution in [2.45, 2.75) is 13.3 Å². The number of hydrogen-bond acceptors (Lipinski definition) is 5. The van der Waals surface area contributed by atoms with Crippen LogP contribution in [0.4, 0.5) is 5.82 Å². The molecule has 0 fully saturated rings. The quantitative estimate of drug-likeness (QED) is 0.838. The van der Waals surface area contributed by atoms with Crippen LogP contribution in [0, 0.1) is 0 Å². The van der Waals surface area contributed by atoms with Crippen LogP contribution in [0.5, 0.6) is 17.4 Å². The first kappa shape index (κ1) is 15.1. The smallest absolute Gasteiger partial charge is 0.227 e. The lowest BCUT2D eigenvalue weighted by atomic mass is 10.2. The lowest BCUT2D eigenvalue weighted by molar-refractivity contribution is 0.408. The second-order valence-corrected chi connectivity index (χ2v) is 5.62. The van der Waals surface area contributed by atoms with Gasteiger partial charge in [0.15, 0.2) is 0 Å². The molecule has 0 aliphatic carbocycles. The van der Waals surface area contributed by atoms with E-state index >= 15 is 0 Å². The molecule has 106 valence electrons. The maximum Gasteiger partial charge on any atom is 0.227 e. The number of halogens is 2. The summed E-state index contributed by atoms with van der Waals surface area (Å²) in [5, 5.41) is 0. The fourth-order valence-corrected chi connectivity index (χ4v) is 2.57. The van der Waals surface area contributed by atoms with Crippen molar-refractivity contribution in [3.63, 3.8) is 0 Å². The number of nitrogens with zero attached hydrogens (tertiary/aromatic N) is 2. The number of rotatable bonds is 4. The van der Waals surface area contributed by atoms with Crippen LogP contribution in [-0.2, 0) is 6.42 Å². The maximum absolute atomic E-state index is 5.83. The Bertz CT molecular complexity index is 635. The molecule has 7 heteroatoms. The molecule has 0 spiro atoms. The Balaban J connectivity index is 2.40. The van der Waals surface area contributed by atoms with Gasteiger partial charge in [-0.3, -0.25) is 0 Å². The zero-order valence-corrected chi connectivity index (χ0v) is 14.2. The van der Waals surface area contributed by atoms with Gasteiger partial charge in [-0.25, -0.2) is 9.97 Å². The van der Waals surface area contributed by atoms with Gasteiger partial charge < -0.3 is 15.2 Å². The molecule has 0 unspecified atom stereocenters. The predicted octanol–water partition coefficient (Wildman–Crippen LogP) is 3.95. The Labute approximate surface area is 133 Å². The molecule has 0 saturated carbocycles. The summed E-state index contributed by atoms with van der Waals surface area (Å²) in [6.45, 7) is 1.97. The van der Waals surface area contributed by atoms with E-state index < -0.39 is 0 Å². The van der Waals surface area contributed by atoms with E-state index in [4.69, 9.17) is 15.2 Å². The van der Waals surface area contributed by atoms with Crippen molar-refractivity contribution in [2.24, 2.45) is 0 Å². The lowest BCUT2D eigenvalue weighted by Crippen LogP contribution is -2.02. The fraction of sp³-hybridized carbons (Fsp3) is 0.231. The van der Waals surface area contributed by atoms with Crippen molar-refractivity contribution in [1.82, 2.24) is 9.97 Å². The van der Waals surface area contributed by atoms with Gasteiger partial charge >= 0.3 is 0 Å². The molecule has 0 bridgehead atoms. The summed E-state index contributed by atoms with van der Waals surface area (Å²) in [7, 11) is 1.60. The van der Waals surface area contributed by atoms with Crippen LogP contribution < -0.4 is 15.2 Å². The third-order valence-electron chi connectivity index (χ3n) is 2.71. The van der Waals surface area contributed by atoms with Crippen molar-refractivity contribution in [2.75, 3.05) is 12.8 Å².